The second-order valence-corrected chi connectivity index (χ2v) is 9.23. The molecule has 2 heterocycles. The molecular formula is C24H27NO5S. The van der Waals surface area contributed by atoms with Gasteiger partial charge in [0.1, 0.15) is 5.60 Å². The third-order valence-electron chi connectivity index (χ3n) is 4.75. The zero-order valence-corrected chi connectivity index (χ0v) is 19.1. The molecule has 0 saturated heterocycles. The van der Waals surface area contributed by atoms with Crippen molar-refractivity contribution in [3.05, 3.63) is 46.8 Å². The van der Waals surface area contributed by atoms with Crippen molar-refractivity contribution in [2.45, 2.75) is 52.1 Å². The lowest BCUT2D eigenvalue weighted by Gasteiger charge is -2.19. The fourth-order valence-electron chi connectivity index (χ4n) is 3.28. The predicted octanol–water partition coefficient (Wildman–Crippen LogP) is 6.07. The molecule has 3 aromatic rings. The maximum absolute atomic E-state index is 12.7. The average molecular weight is 442 g/mol. The van der Waals surface area contributed by atoms with Crippen LogP contribution in [0.25, 0.3) is 22.0 Å². The van der Waals surface area contributed by atoms with Gasteiger partial charge in [-0.25, -0.2) is 4.79 Å². The first-order valence-electron chi connectivity index (χ1n) is 10.2. The molecule has 6 nitrogen and oxygen atoms in total. The molecule has 31 heavy (non-hydrogen) atoms. The molecule has 164 valence electrons. The van der Waals surface area contributed by atoms with Crippen molar-refractivity contribution in [1.82, 2.24) is 4.57 Å². The van der Waals surface area contributed by atoms with E-state index in [4.69, 9.17) is 4.74 Å². The smallest absolute Gasteiger partial charge is 0.419 e. The Bertz CT molecular complexity index is 1100. The van der Waals surface area contributed by atoms with Gasteiger partial charge < -0.3 is 9.47 Å². The monoisotopic (exact) mass is 441 g/mol. The highest BCUT2D eigenvalue weighted by Gasteiger charge is 2.22. The Balaban J connectivity index is 1.80. The van der Waals surface area contributed by atoms with Crippen LogP contribution >= 0.6 is 11.3 Å². The summed E-state index contributed by atoms with van der Waals surface area (Å²) in [4.78, 5) is 37.1. The maximum Gasteiger partial charge on any atom is 0.419 e. The summed E-state index contributed by atoms with van der Waals surface area (Å²) in [5.74, 6) is -0.204. The van der Waals surface area contributed by atoms with Crippen molar-refractivity contribution in [1.29, 1.82) is 0 Å². The molecule has 0 amide bonds. The Hall–Kier alpha value is -2.93. The van der Waals surface area contributed by atoms with Gasteiger partial charge >= 0.3 is 12.1 Å². The van der Waals surface area contributed by atoms with Crippen molar-refractivity contribution in [2.75, 3.05) is 7.11 Å². The number of hydrogen-bond donors (Lipinski definition) is 0. The highest BCUT2D eigenvalue weighted by Crippen LogP contribution is 2.34. The van der Waals surface area contributed by atoms with Crippen LogP contribution in [0.3, 0.4) is 0 Å². The second-order valence-electron chi connectivity index (χ2n) is 8.32. The number of nitrogens with zero attached hydrogens (tertiary/aromatic N) is 1. The number of benzene rings is 1. The number of aromatic nitrogens is 1. The number of carbonyl (C=O) groups is 3. The molecule has 0 aliphatic heterocycles. The summed E-state index contributed by atoms with van der Waals surface area (Å²) in [6.45, 7) is 5.50. The standard InChI is InChI=1S/C24H27NO5S/c1-24(2,3)30-23(28)25-14-18(17-9-5-6-10-19(17)25)16-13-21(31-15-16)20(26)11-7-8-12-22(27)29-4/h5-6,9-10,13-15H,7-8,11-12H2,1-4H3. The van der Waals surface area contributed by atoms with E-state index in [0.29, 0.717) is 30.6 Å². The number of ether oxygens (including phenoxy) is 2. The number of esters is 1. The first-order valence-corrected chi connectivity index (χ1v) is 11.1. The van der Waals surface area contributed by atoms with E-state index >= 15 is 0 Å². The highest BCUT2D eigenvalue weighted by atomic mass is 32.1. The zero-order valence-electron chi connectivity index (χ0n) is 18.3. The first kappa shape index (κ1) is 22.7. The number of thiophene rings is 1. The molecule has 0 aliphatic carbocycles. The van der Waals surface area contributed by atoms with E-state index in [1.165, 1.54) is 23.0 Å². The van der Waals surface area contributed by atoms with Gasteiger partial charge in [0, 0.05) is 30.0 Å². The lowest BCUT2D eigenvalue weighted by Crippen LogP contribution is -2.26. The van der Waals surface area contributed by atoms with Crippen LogP contribution in [-0.2, 0) is 14.3 Å². The molecule has 0 spiro atoms. The van der Waals surface area contributed by atoms with E-state index in [9.17, 15) is 14.4 Å². The number of carbonyl (C=O) groups excluding carboxylic acids is 3. The van der Waals surface area contributed by atoms with Gasteiger partial charge in [-0.3, -0.25) is 14.2 Å². The van der Waals surface area contributed by atoms with Crippen molar-refractivity contribution >= 4 is 40.1 Å². The summed E-state index contributed by atoms with van der Waals surface area (Å²) >= 11 is 1.39. The molecule has 7 heteroatoms. The second kappa shape index (κ2) is 9.47. The number of Topliss-reactive ketones (excluding diaryl/α,β-unsaturated/α-hetero) is 1. The van der Waals surface area contributed by atoms with Gasteiger partial charge in [0.15, 0.2) is 5.78 Å². The Kier molecular flexibility index (Phi) is 6.95. The first-order chi connectivity index (χ1) is 14.7. The van der Waals surface area contributed by atoms with Crippen LogP contribution in [0.5, 0.6) is 0 Å². The van der Waals surface area contributed by atoms with Gasteiger partial charge in [0.25, 0.3) is 0 Å². The van der Waals surface area contributed by atoms with E-state index in [-0.39, 0.29) is 11.8 Å². The number of para-hydroxylation sites is 1. The molecule has 1 aromatic carbocycles. The molecule has 0 bridgehead atoms. The van der Waals surface area contributed by atoms with Crippen molar-refractivity contribution in [3.8, 4) is 11.1 Å². The Morgan fingerprint density at radius 3 is 2.48 bits per heavy atom. The fraction of sp³-hybridized carbons (Fsp3) is 0.375. The van der Waals surface area contributed by atoms with Crippen LogP contribution in [0.15, 0.2) is 41.9 Å². The number of rotatable bonds is 7. The van der Waals surface area contributed by atoms with Gasteiger partial charge in [-0.05, 0) is 56.7 Å². The van der Waals surface area contributed by atoms with Crippen LogP contribution in [0.4, 0.5) is 4.79 Å². The van der Waals surface area contributed by atoms with Gasteiger partial charge in [-0.2, -0.15) is 0 Å². The third-order valence-corrected chi connectivity index (χ3v) is 5.72. The predicted molar refractivity (Wildman–Crippen MR) is 122 cm³/mol. The van der Waals surface area contributed by atoms with Crippen LogP contribution in [0.1, 0.15) is 56.1 Å². The van der Waals surface area contributed by atoms with Crippen molar-refractivity contribution in [3.63, 3.8) is 0 Å². The number of fused-ring (bicyclic) bond motifs is 1. The lowest BCUT2D eigenvalue weighted by molar-refractivity contribution is -0.140. The van der Waals surface area contributed by atoms with Crippen LogP contribution in [0.2, 0.25) is 0 Å². The number of unbranched alkanes of at least 4 members (excludes halogenated alkanes) is 1. The molecule has 0 radical (unpaired) electrons. The Labute approximate surface area is 185 Å². The number of ketones is 1. The lowest BCUT2D eigenvalue weighted by atomic mass is 10.1. The Morgan fingerprint density at radius 1 is 1.06 bits per heavy atom. The summed E-state index contributed by atoms with van der Waals surface area (Å²) < 4.78 is 11.7. The third kappa shape index (κ3) is 5.61. The molecule has 0 unspecified atom stereocenters. The topological polar surface area (TPSA) is 74.6 Å². The van der Waals surface area contributed by atoms with Crippen LogP contribution in [0, 0.1) is 0 Å². The minimum Gasteiger partial charge on any atom is -0.469 e. The minimum atomic E-state index is -0.599. The van der Waals surface area contributed by atoms with Crippen LogP contribution < -0.4 is 0 Å². The van der Waals surface area contributed by atoms with Crippen molar-refractivity contribution < 1.29 is 23.9 Å². The molecule has 0 N–H and O–H groups in total. The van der Waals surface area contributed by atoms with E-state index in [1.54, 1.807) is 6.20 Å². The van der Waals surface area contributed by atoms with E-state index < -0.39 is 11.7 Å². The molecule has 2 aromatic heterocycles. The van der Waals surface area contributed by atoms with Gasteiger partial charge in [-0.1, -0.05) is 18.2 Å². The quantitative estimate of drug-likeness (QED) is 0.253. The summed E-state index contributed by atoms with van der Waals surface area (Å²) in [5.41, 5.74) is 1.93. The van der Waals surface area contributed by atoms with Crippen molar-refractivity contribution in [2.24, 2.45) is 0 Å². The number of methoxy groups -OCH3 is 1. The fourth-order valence-corrected chi connectivity index (χ4v) is 4.15. The minimum absolute atomic E-state index is 0.0528. The summed E-state index contributed by atoms with van der Waals surface area (Å²) in [5, 5.41) is 2.85. The molecule has 0 atom stereocenters. The molecular weight excluding hydrogens is 414 g/mol. The van der Waals surface area contributed by atoms with Gasteiger partial charge in [0.05, 0.1) is 17.5 Å². The zero-order chi connectivity index (χ0) is 22.6. The highest BCUT2D eigenvalue weighted by molar-refractivity contribution is 7.12. The molecule has 0 fully saturated rings. The summed E-state index contributed by atoms with van der Waals surface area (Å²) in [6, 6.07) is 9.50. The van der Waals surface area contributed by atoms with Gasteiger partial charge in [-0.15, -0.1) is 11.3 Å². The summed E-state index contributed by atoms with van der Waals surface area (Å²) in [6.07, 6.45) is 3.30. The largest absolute Gasteiger partial charge is 0.469 e. The summed E-state index contributed by atoms with van der Waals surface area (Å²) in [7, 11) is 1.36. The van der Waals surface area contributed by atoms with E-state index in [1.807, 2.05) is 56.5 Å². The van der Waals surface area contributed by atoms with E-state index in [0.717, 1.165) is 22.0 Å². The van der Waals surface area contributed by atoms with Crippen LogP contribution in [-0.4, -0.2) is 35.1 Å². The SMILES string of the molecule is COC(=O)CCCCC(=O)c1cc(-c2cn(C(=O)OC(C)(C)C)c3ccccc23)cs1. The Morgan fingerprint density at radius 2 is 1.77 bits per heavy atom. The molecule has 3 rings (SSSR count). The molecule has 0 aliphatic rings. The molecule has 0 saturated carbocycles. The van der Waals surface area contributed by atoms with E-state index in [2.05, 4.69) is 4.74 Å². The average Bonchev–Trinajstić information content (AvgIpc) is 3.34. The normalized spacial score (nSPS) is 11.5. The number of hydrogen-bond acceptors (Lipinski definition) is 6. The van der Waals surface area contributed by atoms with Gasteiger partial charge in [0.2, 0.25) is 0 Å². The maximum atomic E-state index is 12.7.